The molecule has 0 saturated heterocycles. The van der Waals surface area contributed by atoms with Crippen molar-refractivity contribution in [3.8, 4) is 5.75 Å². The lowest BCUT2D eigenvalue weighted by Crippen LogP contribution is -2.07. The van der Waals surface area contributed by atoms with Crippen molar-refractivity contribution in [2.45, 2.75) is 12.8 Å². The van der Waals surface area contributed by atoms with Gasteiger partial charge in [-0.2, -0.15) is 0 Å². The van der Waals surface area contributed by atoms with Crippen LogP contribution in [-0.2, 0) is 0 Å². The highest BCUT2D eigenvalue weighted by molar-refractivity contribution is 5.82. The van der Waals surface area contributed by atoms with Crippen molar-refractivity contribution < 1.29 is 9.66 Å². The molecule has 1 heterocycles. The number of hydrogen-bond donors (Lipinski definition) is 0. The number of rotatable bonds is 5. The van der Waals surface area contributed by atoms with Gasteiger partial charge in [0, 0.05) is 29.6 Å². The Bertz CT molecular complexity index is 826. The Morgan fingerprint density at radius 1 is 1.13 bits per heavy atom. The van der Waals surface area contributed by atoms with Gasteiger partial charge in [-0.1, -0.05) is 25.1 Å². The van der Waals surface area contributed by atoms with Gasteiger partial charge in [-0.15, -0.1) is 0 Å². The Morgan fingerprint density at radius 2 is 1.87 bits per heavy atom. The Labute approximate surface area is 133 Å². The van der Waals surface area contributed by atoms with Crippen LogP contribution in [0.5, 0.6) is 5.75 Å². The van der Waals surface area contributed by atoms with Gasteiger partial charge in [0.1, 0.15) is 5.75 Å². The Morgan fingerprint density at radius 3 is 2.61 bits per heavy atom. The number of benzene rings is 2. The Hall–Kier alpha value is -2.95. The zero-order chi connectivity index (χ0) is 16.2. The first-order chi connectivity index (χ1) is 11.1. The van der Waals surface area contributed by atoms with E-state index in [1.54, 1.807) is 18.3 Å². The van der Waals surface area contributed by atoms with Gasteiger partial charge in [0.15, 0.2) is 0 Å². The molecule has 1 unspecified atom stereocenters. The Kier molecular flexibility index (Phi) is 4.19. The molecule has 5 nitrogen and oxygen atoms in total. The third kappa shape index (κ3) is 3.29. The second kappa shape index (κ2) is 6.44. The minimum atomic E-state index is -0.421. The van der Waals surface area contributed by atoms with Crippen molar-refractivity contribution in [3.63, 3.8) is 0 Å². The summed E-state index contributed by atoms with van der Waals surface area (Å²) in [4.78, 5) is 14.6. The largest absolute Gasteiger partial charge is 0.493 e. The normalized spacial score (nSPS) is 12.0. The highest BCUT2D eigenvalue weighted by Gasteiger charge is 2.11. The van der Waals surface area contributed by atoms with Gasteiger partial charge < -0.3 is 4.74 Å². The maximum absolute atomic E-state index is 10.6. The maximum atomic E-state index is 10.6. The molecule has 0 aliphatic heterocycles. The summed E-state index contributed by atoms with van der Waals surface area (Å²) >= 11 is 0. The average molecular weight is 308 g/mol. The maximum Gasteiger partial charge on any atom is 0.269 e. The van der Waals surface area contributed by atoms with Crippen LogP contribution in [0.4, 0.5) is 5.69 Å². The van der Waals surface area contributed by atoms with E-state index in [2.05, 4.69) is 18.0 Å². The molecule has 23 heavy (non-hydrogen) atoms. The summed E-state index contributed by atoms with van der Waals surface area (Å²) in [6, 6.07) is 16.2. The highest BCUT2D eigenvalue weighted by atomic mass is 16.6. The quantitative estimate of drug-likeness (QED) is 0.520. The van der Waals surface area contributed by atoms with Crippen molar-refractivity contribution in [2.75, 3.05) is 6.61 Å². The van der Waals surface area contributed by atoms with Crippen LogP contribution >= 0.6 is 0 Å². The SMILES string of the molecule is CC(COc1ccc([N+](=O)[O-])cc1)c1ccnc2ccccc12. The number of para-hydroxylation sites is 1. The summed E-state index contributed by atoms with van der Waals surface area (Å²) in [5, 5.41) is 11.8. The highest BCUT2D eigenvalue weighted by Crippen LogP contribution is 2.25. The van der Waals surface area contributed by atoms with E-state index < -0.39 is 4.92 Å². The standard InChI is InChI=1S/C18H16N2O3/c1-13(12-23-15-8-6-14(7-9-15)20(21)22)16-10-11-19-18-5-3-2-4-17(16)18/h2-11,13H,12H2,1H3. The van der Waals surface area contributed by atoms with Gasteiger partial charge in [0.05, 0.1) is 17.0 Å². The smallest absolute Gasteiger partial charge is 0.269 e. The third-order valence-electron chi connectivity index (χ3n) is 3.76. The van der Waals surface area contributed by atoms with Crippen molar-refractivity contribution in [2.24, 2.45) is 0 Å². The van der Waals surface area contributed by atoms with Crippen LogP contribution in [0, 0.1) is 10.1 Å². The van der Waals surface area contributed by atoms with Crippen LogP contribution in [0.25, 0.3) is 10.9 Å². The molecule has 0 bridgehead atoms. The number of nitrogens with zero attached hydrogens (tertiary/aromatic N) is 2. The van der Waals surface area contributed by atoms with Crippen molar-refractivity contribution >= 4 is 16.6 Å². The predicted octanol–water partition coefficient (Wildman–Crippen LogP) is 4.33. The van der Waals surface area contributed by atoms with Gasteiger partial charge in [-0.25, -0.2) is 0 Å². The van der Waals surface area contributed by atoms with Crippen molar-refractivity contribution in [1.82, 2.24) is 4.98 Å². The van der Waals surface area contributed by atoms with E-state index in [1.165, 1.54) is 17.7 Å². The molecule has 1 aromatic heterocycles. The minimum absolute atomic E-state index is 0.0607. The fourth-order valence-corrected chi connectivity index (χ4v) is 2.52. The molecule has 0 radical (unpaired) electrons. The first-order valence-electron chi connectivity index (χ1n) is 7.36. The summed E-state index contributed by atoms with van der Waals surface area (Å²) in [5.74, 6) is 0.805. The zero-order valence-electron chi connectivity index (χ0n) is 12.7. The molecular formula is C18H16N2O3. The number of ether oxygens (including phenoxy) is 1. The molecule has 3 rings (SSSR count). The van der Waals surface area contributed by atoms with E-state index in [4.69, 9.17) is 4.74 Å². The van der Waals surface area contributed by atoms with Crippen LogP contribution in [0.3, 0.4) is 0 Å². The molecule has 0 saturated carbocycles. The first-order valence-corrected chi connectivity index (χ1v) is 7.36. The van der Waals surface area contributed by atoms with Gasteiger partial charge >= 0.3 is 0 Å². The second-order valence-corrected chi connectivity index (χ2v) is 5.38. The summed E-state index contributed by atoms with van der Waals surface area (Å²) in [6.45, 7) is 2.58. The second-order valence-electron chi connectivity index (χ2n) is 5.38. The van der Waals surface area contributed by atoms with Crippen LogP contribution in [-0.4, -0.2) is 16.5 Å². The van der Waals surface area contributed by atoms with E-state index >= 15 is 0 Å². The lowest BCUT2D eigenvalue weighted by molar-refractivity contribution is -0.384. The number of aromatic nitrogens is 1. The van der Waals surface area contributed by atoms with E-state index in [1.807, 2.05) is 24.3 Å². The van der Waals surface area contributed by atoms with Crippen LogP contribution in [0.2, 0.25) is 0 Å². The molecule has 1 atom stereocenters. The molecule has 0 aliphatic carbocycles. The minimum Gasteiger partial charge on any atom is -0.493 e. The summed E-state index contributed by atoms with van der Waals surface area (Å²) in [7, 11) is 0. The zero-order valence-corrected chi connectivity index (χ0v) is 12.7. The monoisotopic (exact) mass is 308 g/mol. The topological polar surface area (TPSA) is 65.3 Å². The molecule has 0 fully saturated rings. The molecule has 2 aromatic carbocycles. The number of non-ortho nitro benzene ring substituents is 1. The number of nitro groups is 1. The van der Waals surface area contributed by atoms with E-state index in [9.17, 15) is 10.1 Å². The van der Waals surface area contributed by atoms with Gasteiger partial charge in [0.2, 0.25) is 0 Å². The number of hydrogen-bond acceptors (Lipinski definition) is 4. The third-order valence-corrected chi connectivity index (χ3v) is 3.76. The number of pyridine rings is 1. The first kappa shape index (κ1) is 15.0. The average Bonchev–Trinajstić information content (AvgIpc) is 2.59. The van der Waals surface area contributed by atoms with Crippen molar-refractivity contribution in [1.29, 1.82) is 0 Å². The molecule has 116 valence electrons. The van der Waals surface area contributed by atoms with Gasteiger partial charge in [-0.05, 0) is 29.8 Å². The van der Waals surface area contributed by atoms with Gasteiger partial charge in [0.25, 0.3) is 5.69 Å². The van der Waals surface area contributed by atoms with E-state index in [0.717, 1.165) is 10.9 Å². The lowest BCUT2D eigenvalue weighted by atomic mass is 9.98. The number of nitro benzene ring substituents is 1. The molecule has 3 aromatic rings. The molecular weight excluding hydrogens is 292 g/mol. The molecule has 0 aliphatic rings. The van der Waals surface area contributed by atoms with Gasteiger partial charge in [-0.3, -0.25) is 15.1 Å². The molecule has 0 N–H and O–H groups in total. The Balaban J connectivity index is 1.73. The predicted molar refractivity (Wildman–Crippen MR) is 88.7 cm³/mol. The lowest BCUT2D eigenvalue weighted by Gasteiger charge is -2.15. The summed E-state index contributed by atoms with van der Waals surface area (Å²) in [6.07, 6.45) is 1.81. The molecule has 0 amide bonds. The fourth-order valence-electron chi connectivity index (χ4n) is 2.52. The fraction of sp³-hybridized carbons (Fsp3) is 0.167. The molecule has 5 heteroatoms. The van der Waals surface area contributed by atoms with Crippen molar-refractivity contribution in [3.05, 3.63) is 76.5 Å². The molecule has 0 spiro atoms. The van der Waals surface area contributed by atoms with E-state index in [0.29, 0.717) is 12.4 Å². The summed E-state index contributed by atoms with van der Waals surface area (Å²) in [5.41, 5.74) is 2.20. The van der Waals surface area contributed by atoms with Crippen LogP contribution in [0.15, 0.2) is 60.8 Å². The van der Waals surface area contributed by atoms with Crippen LogP contribution in [0.1, 0.15) is 18.4 Å². The summed E-state index contributed by atoms with van der Waals surface area (Å²) < 4.78 is 5.76. The van der Waals surface area contributed by atoms with E-state index in [-0.39, 0.29) is 11.6 Å². The number of fused-ring (bicyclic) bond motifs is 1. The van der Waals surface area contributed by atoms with Crippen LogP contribution < -0.4 is 4.74 Å².